The maximum absolute atomic E-state index is 10.7. The normalized spacial score (nSPS) is 18.5. The van der Waals surface area contributed by atoms with Crippen molar-refractivity contribution < 1.29 is 28.8 Å². The molecular formula is C19H21IO6. The summed E-state index contributed by atoms with van der Waals surface area (Å²) in [4.78, 5) is 0. The summed E-state index contributed by atoms with van der Waals surface area (Å²) in [6.07, 6.45) is -0.844. The van der Waals surface area contributed by atoms with Crippen molar-refractivity contribution in [1.82, 2.24) is 0 Å². The van der Waals surface area contributed by atoms with Crippen LogP contribution in [0.1, 0.15) is 17.2 Å². The quantitative estimate of drug-likeness (QED) is 0.674. The summed E-state index contributed by atoms with van der Waals surface area (Å²) in [6.45, 7) is 0. The molecular weight excluding hydrogens is 451 g/mol. The van der Waals surface area contributed by atoms with Crippen LogP contribution in [0.15, 0.2) is 24.3 Å². The van der Waals surface area contributed by atoms with Crippen LogP contribution in [0.4, 0.5) is 0 Å². The summed E-state index contributed by atoms with van der Waals surface area (Å²) in [5.74, 6) is 3.20. The highest BCUT2D eigenvalue weighted by Crippen LogP contribution is 2.47. The Morgan fingerprint density at radius 2 is 1.58 bits per heavy atom. The maximum atomic E-state index is 10.7. The molecule has 0 aromatic heterocycles. The molecule has 0 radical (unpaired) electrons. The zero-order valence-corrected chi connectivity index (χ0v) is 17.2. The van der Waals surface area contributed by atoms with Gasteiger partial charge in [-0.15, -0.1) is 0 Å². The number of benzene rings is 2. The van der Waals surface area contributed by atoms with Crippen molar-refractivity contribution in [2.24, 2.45) is 0 Å². The van der Waals surface area contributed by atoms with Gasteiger partial charge in [0, 0.05) is 18.1 Å². The molecule has 2 atom stereocenters. The maximum Gasteiger partial charge on any atom is 0.161 e. The van der Waals surface area contributed by atoms with Gasteiger partial charge in [-0.25, -0.2) is 0 Å². The van der Waals surface area contributed by atoms with Crippen molar-refractivity contribution >= 4 is 22.6 Å². The van der Waals surface area contributed by atoms with Crippen LogP contribution in [0, 0.1) is 3.57 Å². The predicted octanol–water partition coefficient (Wildman–Crippen LogP) is 3.36. The highest BCUT2D eigenvalue weighted by atomic mass is 127. The number of aliphatic hydroxyl groups is 1. The zero-order chi connectivity index (χ0) is 18.8. The molecule has 0 unspecified atom stereocenters. The lowest BCUT2D eigenvalue weighted by Crippen LogP contribution is -2.31. The Bertz CT molecular complexity index is 807. The molecule has 2 aromatic carbocycles. The average Bonchev–Trinajstić information content (AvgIpc) is 2.67. The Labute approximate surface area is 166 Å². The molecule has 1 heterocycles. The number of ether oxygens (including phenoxy) is 5. The number of fused-ring (bicyclic) bond motifs is 1. The predicted molar refractivity (Wildman–Crippen MR) is 105 cm³/mol. The molecule has 1 N–H and O–H groups in total. The summed E-state index contributed by atoms with van der Waals surface area (Å²) in [6, 6.07) is 7.30. The molecule has 0 spiro atoms. The third-order valence-corrected chi connectivity index (χ3v) is 5.45. The molecule has 0 saturated heterocycles. The Balaban J connectivity index is 2.04. The Hall–Kier alpha value is -1.87. The third-order valence-electron chi connectivity index (χ3n) is 4.43. The highest BCUT2D eigenvalue weighted by molar-refractivity contribution is 14.1. The van der Waals surface area contributed by atoms with Crippen molar-refractivity contribution in [3.8, 4) is 28.7 Å². The molecule has 2 aromatic rings. The lowest BCUT2D eigenvalue weighted by atomic mass is 9.94. The molecule has 0 bridgehead atoms. The average molecular weight is 472 g/mol. The van der Waals surface area contributed by atoms with Gasteiger partial charge in [-0.2, -0.15) is 0 Å². The van der Waals surface area contributed by atoms with Crippen LogP contribution in [0.2, 0.25) is 0 Å². The van der Waals surface area contributed by atoms with Gasteiger partial charge < -0.3 is 28.8 Å². The second kappa shape index (κ2) is 7.79. The van der Waals surface area contributed by atoms with Gasteiger partial charge in [-0.1, -0.05) is 6.07 Å². The van der Waals surface area contributed by atoms with Crippen molar-refractivity contribution in [2.45, 2.75) is 18.6 Å². The first-order chi connectivity index (χ1) is 12.5. The minimum absolute atomic E-state index is 0.414. The van der Waals surface area contributed by atoms with Gasteiger partial charge in [0.25, 0.3) is 0 Å². The Morgan fingerprint density at radius 3 is 2.19 bits per heavy atom. The molecule has 0 fully saturated rings. The smallest absolute Gasteiger partial charge is 0.161 e. The van der Waals surface area contributed by atoms with E-state index in [4.69, 9.17) is 23.7 Å². The van der Waals surface area contributed by atoms with Crippen molar-refractivity contribution in [3.05, 3.63) is 39.0 Å². The fourth-order valence-corrected chi connectivity index (χ4v) is 3.94. The highest BCUT2D eigenvalue weighted by Gasteiger charge is 2.34. The minimum Gasteiger partial charge on any atom is -0.496 e. The van der Waals surface area contributed by atoms with E-state index in [0.29, 0.717) is 35.2 Å². The van der Waals surface area contributed by atoms with E-state index >= 15 is 0 Å². The van der Waals surface area contributed by atoms with E-state index < -0.39 is 12.2 Å². The second-order valence-corrected chi connectivity index (χ2v) is 6.91. The fourth-order valence-electron chi connectivity index (χ4n) is 3.11. The molecule has 26 heavy (non-hydrogen) atoms. The summed E-state index contributed by atoms with van der Waals surface area (Å²) in [7, 11) is 6.36. The van der Waals surface area contributed by atoms with E-state index in [1.165, 1.54) is 0 Å². The monoisotopic (exact) mass is 472 g/mol. The Morgan fingerprint density at radius 1 is 0.923 bits per heavy atom. The zero-order valence-electron chi connectivity index (χ0n) is 15.0. The van der Waals surface area contributed by atoms with Crippen LogP contribution in [0.25, 0.3) is 0 Å². The number of halogens is 1. The van der Waals surface area contributed by atoms with Gasteiger partial charge in [0.1, 0.15) is 17.2 Å². The standard InChI is InChI=1S/C19H21IO6/c1-22-13-6-5-10(7-15(13)24-3)18-12(21)8-11-14(23-2)9-16(25-4)17(20)19(11)26-18/h5-7,9,12,18,21H,8H2,1-4H3/t12-,18-/m1/s1. The fraction of sp³-hybridized carbons (Fsp3) is 0.368. The number of hydrogen-bond acceptors (Lipinski definition) is 6. The van der Waals surface area contributed by atoms with Gasteiger partial charge in [0.15, 0.2) is 17.6 Å². The number of methoxy groups -OCH3 is 4. The van der Waals surface area contributed by atoms with Crippen LogP contribution < -0.4 is 23.7 Å². The third kappa shape index (κ3) is 3.25. The van der Waals surface area contributed by atoms with E-state index in [9.17, 15) is 5.11 Å². The topological polar surface area (TPSA) is 66.4 Å². The van der Waals surface area contributed by atoms with E-state index in [1.54, 1.807) is 34.5 Å². The molecule has 3 rings (SSSR count). The van der Waals surface area contributed by atoms with Gasteiger partial charge in [-0.05, 0) is 40.3 Å². The molecule has 1 aliphatic rings. The van der Waals surface area contributed by atoms with E-state index in [1.807, 2.05) is 18.2 Å². The molecule has 0 saturated carbocycles. The minimum atomic E-state index is -0.723. The first-order valence-corrected chi connectivity index (χ1v) is 9.11. The van der Waals surface area contributed by atoms with Crippen molar-refractivity contribution in [3.63, 3.8) is 0 Å². The van der Waals surface area contributed by atoms with Gasteiger partial charge >= 0.3 is 0 Å². The van der Waals surface area contributed by atoms with Crippen LogP contribution in [-0.2, 0) is 6.42 Å². The van der Waals surface area contributed by atoms with Crippen molar-refractivity contribution in [2.75, 3.05) is 28.4 Å². The van der Waals surface area contributed by atoms with Gasteiger partial charge in [0.05, 0.1) is 38.1 Å². The Kier molecular flexibility index (Phi) is 5.67. The van der Waals surface area contributed by atoms with E-state index in [-0.39, 0.29) is 0 Å². The summed E-state index contributed by atoms with van der Waals surface area (Å²) in [5, 5.41) is 10.7. The summed E-state index contributed by atoms with van der Waals surface area (Å²) in [5.41, 5.74) is 1.64. The molecule has 7 heteroatoms. The van der Waals surface area contributed by atoms with Crippen molar-refractivity contribution in [1.29, 1.82) is 0 Å². The molecule has 6 nitrogen and oxygen atoms in total. The lowest BCUT2D eigenvalue weighted by Gasteiger charge is -2.33. The van der Waals surface area contributed by atoms with Gasteiger partial charge in [0.2, 0.25) is 0 Å². The number of hydrogen-bond donors (Lipinski definition) is 1. The molecule has 140 valence electrons. The first kappa shape index (κ1) is 18.9. The van der Waals surface area contributed by atoms with Crippen LogP contribution >= 0.6 is 22.6 Å². The number of rotatable bonds is 5. The SMILES string of the molecule is COc1ccc([C@H]2Oc3c(I)c(OC)cc(OC)c3C[C@H]2O)cc1OC. The molecule has 0 aliphatic carbocycles. The van der Waals surface area contributed by atoms with Crippen LogP contribution in [-0.4, -0.2) is 39.6 Å². The molecule has 0 amide bonds. The van der Waals surface area contributed by atoms with E-state index in [2.05, 4.69) is 22.6 Å². The molecule has 1 aliphatic heterocycles. The van der Waals surface area contributed by atoms with Crippen LogP contribution in [0.5, 0.6) is 28.7 Å². The lowest BCUT2D eigenvalue weighted by molar-refractivity contribution is 0.0190. The van der Waals surface area contributed by atoms with Gasteiger partial charge in [-0.3, -0.25) is 0 Å². The summed E-state index contributed by atoms with van der Waals surface area (Å²) < 4.78 is 28.6. The second-order valence-electron chi connectivity index (χ2n) is 5.83. The van der Waals surface area contributed by atoms with Crippen LogP contribution in [0.3, 0.4) is 0 Å². The number of aliphatic hydroxyl groups excluding tert-OH is 1. The summed E-state index contributed by atoms with van der Waals surface area (Å²) >= 11 is 2.19. The van der Waals surface area contributed by atoms with E-state index in [0.717, 1.165) is 14.7 Å². The first-order valence-electron chi connectivity index (χ1n) is 8.04. The largest absolute Gasteiger partial charge is 0.496 e.